The topological polar surface area (TPSA) is 149 Å². The van der Waals surface area contributed by atoms with Crippen LogP contribution in [-0.4, -0.2) is 71.4 Å². The van der Waals surface area contributed by atoms with Gasteiger partial charge in [-0.15, -0.1) is 0 Å². The quantitative estimate of drug-likeness (QED) is 0.133. The van der Waals surface area contributed by atoms with E-state index < -0.39 is 48.4 Å². The summed E-state index contributed by atoms with van der Waals surface area (Å²) < 4.78 is 36.2. The first-order valence-corrected chi connectivity index (χ1v) is 15.5. The first-order chi connectivity index (χ1) is 22.6. The zero-order chi connectivity index (χ0) is 33.6. The third-order valence-electron chi connectivity index (χ3n) is 9.48. The van der Waals surface area contributed by atoms with Gasteiger partial charge in [0.2, 0.25) is 5.91 Å². The Bertz CT molecular complexity index is 1870. The monoisotopic (exact) mass is 907 g/mol. The van der Waals surface area contributed by atoms with Crippen LogP contribution in [0.15, 0.2) is 16.9 Å². The second kappa shape index (κ2) is 13.3. The maximum absolute atomic E-state index is 15.1. The zero-order valence-corrected chi connectivity index (χ0v) is 28.8. The number of fused-ring (bicyclic) bond motifs is 4. The fraction of sp³-hybridized carbons (Fsp3) is 0.455. The number of nitrogens with zero attached hydrogens (tertiary/aromatic N) is 3. The van der Waals surface area contributed by atoms with Crippen LogP contribution in [0.2, 0.25) is 0 Å². The molecular weight excluding hydrogens is 873 g/mol. The van der Waals surface area contributed by atoms with Gasteiger partial charge >= 0.3 is 0 Å². The van der Waals surface area contributed by atoms with Gasteiger partial charge in [-0.3, -0.25) is 19.2 Å². The molecule has 3 aromatic rings. The van der Waals surface area contributed by atoms with Gasteiger partial charge in [-0.25, -0.2) is 19.2 Å². The predicted molar refractivity (Wildman–Crippen MR) is 164 cm³/mol. The van der Waals surface area contributed by atoms with Crippen molar-refractivity contribution in [2.75, 3.05) is 20.3 Å². The van der Waals surface area contributed by atoms with Gasteiger partial charge in [-0.2, -0.15) is 6.41 Å². The number of nitrogens with one attached hydrogen (secondary N) is 2. The van der Waals surface area contributed by atoms with Gasteiger partial charge < -0.3 is 29.1 Å². The van der Waals surface area contributed by atoms with Crippen LogP contribution in [0.3, 0.4) is 0 Å². The number of aldehydes is 1. The second-order valence-electron chi connectivity index (χ2n) is 12.1. The number of carbonyl (C=O) groups is 3. The first kappa shape index (κ1) is 33.8. The van der Waals surface area contributed by atoms with Gasteiger partial charge in [0.15, 0.2) is 6.61 Å². The van der Waals surface area contributed by atoms with Gasteiger partial charge in [-0.05, 0) is 67.5 Å². The fourth-order valence-corrected chi connectivity index (χ4v) is 7.15. The Labute approximate surface area is 268 Å². The molecule has 2 N–H and O–H groups in total. The average Bonchev–Trinajstić information content (AvgIpc) is 3.62. The minimum absolute atomic E-state index is 0. The summed E-state index contributed by atoms with van der Waals surface area (Å²) in [6.45, 7) is 3.14. The van der Waals surface area contributed by atoms with Crippen molar-refractivity contribution in [3.63, 3.8) is 0 Å². The number of pyridine rings is 2. The number of methoxy groups -OCH3 is 1. The largest absolute Gasteiger partial charge is 0.520 e. The number of likely N-dealkylation sites (tertiary alicyclic amines) is 1. The van der Waals surface area contributed by atoms with Crippen LogP contribution in [0.5, 0.6) is 0 Å². The second-order valence-corrected chi connectivity index (χ2v) is 12.1. The van der Waals surface area contributed by atoms with E-state index >= 15 is 4.39 Å². The third kappa shape index (κ3) is 5.45. The number of hydroxylamine groups is 1. The minimum Gasteiger partial charge on any atom is -0.520 e. The number of alkyl halides is 1. The van der Waals surface area contributed by atoms with Crippen molar-refractivity contribution in [3.05, 3.63) is 61.7 Å². The molecule has 0 spiro atoms. The molecule has 260 valence electrons. The van der Waals surface area contributed by atoms with E-state index in [-0.39, 0.29) is 31.7 Å². The molecule has 2 aliphatic heterocycles. The molecule has 48 heavy (non-hydrogen) atoms. The van der Waals surface area contributed by atoms with Crippen LogP contribution in [0.4, 0.5) is 8.78 Å². The van der Waals surface area contributed by atoms with E-state index in [0.717, 1.165) is 16.7 Å². The molecule has 3 amide bonds. The van der Waals surface area contributed by atoms with Crippen LogP contribution in [0, 0.1) is 12.7 Å². The summed E-state index contributed by atoms with van der Waals surface area (Å²) in [5.74, 6) is -2.45. The number of carbonyl (C=O) groups excluding carboxylic acids is 4. The number of aromatic nitrogens is 2. The third-order valence-corrected chi connectivity index (χ3v) is 9.48. The number of hydrogen-bond acceptors (Lipinski definition) is 8. The van der Waals surface area contributed by atoms with Gasteiger partial charge in [0.05, 0.1) is 36.1 Å². The number of amides is 3. The van der Waals surface area contributed by atoms with Crippen LogP contribution in [0.1, 0.15) is 71.5 Å². The van der Waals surface area contributed by atoms with E-state index in [4.69, 9.17) is 14.6 Å². The molecule has 6 rings (SSSR count). The number of benzene rings is 1. The van der Waals surface area contributed by atoms with E-state index in [2.05, 4.69) is 10.8 Å². The Morgan fingerprint density at radius 2 is 2.02 bits per heavy atom. The van der Waals surface area contributed by atoms with Crippen molar-refractivity contribution in [1.29, 1.82) is 0 Å². The maximum Gasteiger partial charge on any atom is 0.266 e. The number of halogens is 2. The Hall–Kier alpha value is -5.56. The average molecular weight is 908 g/mol. The summed E-state index contributed by atoms with van der Waals surface area (Å²) >= 11 is 0. The molecule has 4 heterocycles. The van der Waals surface area contributed by atoms with Crippen molar-refractivity contribution in [2.45, 2.75) is 76.9 Å². The van der Waals surface area contributed by atoms with E-state index in [1.807, 2.05) is 6.92 Å². The Balaban J connectivity index is 0.00000451. The van der Waals surface area contributed by atoms with Crippen molar-refractivity contribution >= 4 is 35.4 Å². The summed E-state index contributed by atoms with van der Waals surface area (Å²) in [5, 5.41) is 3.64. The van der Waals surface area contributed by atoms with Gasteiger partial charge in [0.25, 0.3) is 11.5 Å². The van der Waals surface area contributed by atoms with Crippen LogP contribution in [0.25, 0.3) is 22.3 Å². The van der Waals surface area contributed by atoms with Crippen LogP contribution >= 0.6 is 0 Å². The van der Waals surface area contributed by atoms with Crippen molar-refractivity contribution in [1.82, 2.24) is 25.2 Å². The van der Waals surface area contributed by atoms with Crippen LogP contribution in [-0.2, 0) is 48.3 Å². The number of ether oxygens (including phenoxy) is 1. The molecule has 1 aromatic carbocycles. The molecule has 4 atom stereocenters. The smallest absolute Gasteiger partial charge is 0.266 e. The summed E-state index contributed by atoms with van der Waals surface area (Å²) in [4.78, 5) is 73.3. The molecule has 2 aromatic heterocycles. The predicted octanol–water partition coefficient (Wildman–Crippen LogP) is 2.34. The molecule has 0 radical (unpaired) electrons. The van der Waals surface area contributed by atoms with Crippen LogP contribution < -0.4 is 16.4 Å². The van der Waals surface area contributed by atoms with E-state index in [9.17, 15) is 28.4 Å². The van der Waals surface area contributed by atoms with Gasteiger partial charge in [0.1, 0.15) is 24.3 Å². The molecular formula is C33H34F2FmN5O7-. The Morgan fingerprint density at radius 3 is 2.71 bits per heavy atom. The summed E-state index contributed by atoms with van der Waals surface area (Å²) in [7, 11) is 1.47. The molecule has 1 aliphatic carbocycles. The van der Waals surface area contributed by atoms with E-state index in [1.165, 1.54) is 19.6 Å². The minimum atomic E-state index is -1.58. The normalized spacial score (nSPS) is 19.7. The Morgan fingerprint density at radius 1 is 1.25 bits per heavy atom. The number of hydrogen-bond donors (Lipinski definition) is 2. The zero-order valence-electron chi connectivity index (χ0n) is 26.4. The SMILES string of the molecule is CCC(C=O)c1cc2n(c(=O)c1COC)Cc1c-2nc2cc(F)c(C)c3c2c1[C@@H](NC(=O)CONC(=O)[C@H]1[C@@H](F)CCN1[C-]=O)CC3.[Fm]. The maximum atomic E-state index is 15.1. The summed E-state index contributed by atoms with van der Waals surface area (Å²) in [6, 6.07) is 1.16. The molecule has 1 saturated heterocycles. The molecule has 0 saturated carbocycles. The molecule has 15 heteroatoms. The van der Waals surface area contributed by atoms with E-state index in [0.29, 0.717) is 69.4 Å². The molecule has 1 unspecified atom stereocenters. The first-order valence-electron chi connectivity index (χ1n) is 15.5. The van der Waals surface area contributed by atoms with Gasteiger partial charge in [0, 0.05) is 35.6 Å². The molecule has 3 aliphatic rings. The fourth-order valence-electron chi connectivity index (χ4n) is 7.15. The molecule has 12 nitrogen and oxygen atoms in total. The van der Waals surface area contributed by atoms with E-state index in [1.54, 1.807) is 17.6 Å². The summed E-state index contributed by atoms with van der Waals surface area (Å²) in [5.41, 5.74) is 6.62. The van der Waals surface area contributed by atoms with Crippen molar-refractivity contribution in [2.24, 2.45) is 0 Å². The number of rotatable bonds is 11. The molecule has 1 fully saturated rings. The van der Waals surface area contributed by atoms with Gasteiger partial charge in [-0.1, -0.05) is 6.92 Å². The number of aryl methyl sites for hydroxylation is 1. The molecule has 0 bridgehead atoms. The van der Waals surface area contributed by atoms with Crippen molar-refractivity contribution in [3.8, 4) is 11.4 Å². The summed E-state index contributed by atoms with van der Waals surface area (Å²) in [6.07, 6.45) is 2.08. The van der Waals surface area contributed by atoms with Crippen molar-refractivity contribution < 1.29 is 37.5 Å². The standard InChI is InChI=1S/C33H34F2N5O7.Fm/c1-4-17(12-41)19-9-26-30-20(11-40(26)33(45)21(19)13-46-3)29-24(6-5-18-16(2)23(35)10-25(37-30)28(18)29)36-27(43)14-47-38-32(44)31-22(34)7-8-39(31)15-42;/h9-10,12,17,22,24,31H,4-8,11,13-14H2,1-3H3,(H,36,43)(H,38,44);/q-1;/t17?,22-,24-,31+;/m0./s1. The Kier molecular flexibility index (Phi) is 9.35.